The van der Waals surface area contributed by atoms with Crippen LogP contribution < -0.4 is 11.1 Å². The van der Waals surface area contributed by atoms with Crippen LogP contribution in [0.25, 0.3) is 0 Å². The van der Waals surface area contributed by atoms with E-state index in [0.717, 1.165) is 5.69 Å². The van der Waals surface area contributed by atoms with E-state index in [2.05, 4.69) is 25.8 Å². The number of aromatic nitrogens is 5. The molecule has 1 amide bonds. The van der Waals surface area contributed by atoms with Crippen molar-refractivity contribution in [3.05, 3.63) is 11.1 Å². The Morgan fingerprint density at radius 2 is 2.35 bits per heavy atom. The van der Waals surface area contributed by atoms with Crippen molar-refractivity contribution >= 4 is 69.1 Å². The third-order valence-corrected chi connectivity index (χ3v) is 9.38. The molecule has 166 valence electrons. The SMILES string of the molecule is CC(C(=S)NC1C(=O)N2CC(CSc3nnnn3C)(C(=O)O)CS[C@H]12)c1csc(N)n1. The zero-order valence-corrected chi connectivity index (χ0v) is 19.9. The Hall–Kier alpha value is -1.97. The first-order chi connectivity index (χ1) is 14.7. The topological polar surface area (TPSA) is 152 Å². The highest BCUT2D eigenvalue weighted by molar-refractivity contribution is 8.00. The minimum Gasteiger partial charge on any atom is -0.481 e. The maximum absolute atomic E-state index is 12.8. The smallest absolute Gasteiger partial charge is 0.313 e. The number of carboxylic acids is 1. The molecule has 0 saturated carbocycles. The Morgan fingerprint density at radius 1 is 1.58 bits per heavy atom. The minimum atomic E-state index is -1.08. The number of nitrogen functional groups attached to an aromatic ring is 1. The van der Waals surface area contributed by atoms with Crippen LogP contribution in [0.5, 0.6) is 0 Å². The predicted molar refractivity (Wildman–Crippen MR) is 122 cm³/mol. The number of β-lactam (4-membered cyclic amide) rings is 1. The third kappa shape index (κ3) is 4.10. The van der Waals surface area contributed by atoms with E-state index in [4.69, 9.17) is 18.0 Å². The third-order valence-electron chi connectivity index (χ3n) is 5.33. The number of carbonyl (C=O) groups excluding carboxylic acids is 1. The van der Waals surface area contributed by atoms with E-state index < -0.39 is 17.4 Å². The van der Waals surface area contributed by atoms with E-state index in [1.54, 1.807) is 11.9 Å². The minimum absolute atomic E-state index is 0.139. The first-order valence-electron chi connectivity index (χ1n) is 9.24. The maximum Gasteiger partial charge on any atom is 0.313 e. The van der Waals surface area contributed by atoms with Crippen LogP contribution in [-0.2, 0) is 16.6 Å². The lowest BCUT2D eigenvalue weighted by Gasteiger charge is -2.54. The van der Waals surface area contributed by atoms with Crippen LogP contribution in [0.15, 0.2) is 10.5 Å². The second-order valence-electron chi connectivity index (χ2n) is 7.45. The summed E-state index contributed by atoms with van der Waals surface area (Å²) in [5, 5.41) is 27.0. The lowest BCUT2D eigenvalue weighted by atomic mass is 9.89. The van der Waals surface area contributed by atoms with E-state index in [1.807, 2.05) is 12.3 Å². The fourth-order valence-electron chi connectivity index (χ4n) is 3.36. The number of amides is 1. The zero-order valence-electron chi connectivity index (χ0n) is 16.6. The number of aryl methyl sites for hydroxylation is 1. The van der Waals surface area contributed by atoms with Crippen molar-refractivity contribution in [3.63, 3.8) is 0 Å². The van der Waals surface area contributed by atoms with Gasteiger partial charge >= 0.3 is 5.97 Å². The number of nitrogens with zero attached hydrogens (tertiary/aromatic N) is 6. The van der Waals surface area contributed by atoms with Crippen LogP contribution in [0.4, 0.5) is 5.13 Å². The second kappa shape index (κ2) is 8.52. The number of nitrogens with one attached hydrogen (secondary N) is 1. The normalized spacial score (nSPS) is 26.1. The molecule has 2 aromatic rings. The van der Waals surface area contributed by atoms with Crippen LogP contribution in [-0.4, -0.2) is 81.5 Å². The number of tetrazole rings is 1. The quantitative estimate of drug-likeness (QED) is 0.274. The second-order valence-corrected chi connectivity index (χ2v) is 10.8. The lowest BCUT2D eigenvalue weighted by Crippen LogP contribution is -2.74. The molecule has 4 N–H and O–H groups in total. The summed E-state index contributed by atoms with van der Waals surface area (Å²) in [6.07, 6.45) is 0. The van der Waals surface area contributed by atoms with Gasteiger partial charge < -0.3 is 21.1 Å². The van der Waals surface area contributed by atoms with Gasteiger partial charge in [-0.15, -0.1) is 28.2 Å². The van der Waals surface area contributed by atoms with E-state index in [0.29, 0.717) is 21.0 Å². The molecular weight excluding hydrogens is 480 g/mol. The van der Waals surface area contributed by atoms with Crippen LogP contribution in [0.1, 0.15) is 18.5 Å². The van der Waals surface area contributed by atoms with Crippen LogP contribution in [0.2, 0.25) is 0 Å². The summed E-state index contributed by atoms with van der Waals surface area (Å²) >= 11 is 9.56. The van der Waals surface area contributed by atoms with Gasteiger partial charge in [0.25, 0.3) is 0 Å². The van der Waals surface area contributed by atoms with Gasteiger partial charge in [-0.3, -0.25) is 9.59 Å². The molecule has 0 aromatic carbocycles. The summed E-state index contributed by atoms with van der Waals surface area (Å²) < 4.78 is 1.49. The van der Waals surface area contributed by atoms with Crippen LogP contribution in [0, 0.1) is 5.41 Å². The van der Waals surface area contributed by atoms with Crippen molar-refractivity contribution in [1.82, 2.24) is 35.4 Å². The molecule has 0 radical (unpaired) electrons. The summed E-state index contributed by atoms with van der Waals surface area (Å²) in [4.78, 5) is 31.3. The summed E-state index contributed by atoms with van der Waals surface area (Å²) in [6.45, 7) is 2.05. The Bertz CT molecular complexity index is 1030. The van der Waals surface area contributed by atoms with Gasteiger partial charge in [-0.05, 0) is 10.4 Å². The molecule has 2 saturated heterocycles. The molecule has 0 aliphatic carbocycles. The Balaban J connectivity index is 1.39. The van der Waals surface area contributed by atoms with Crippen molar-refractivity contribution in [2.45, 2.75) is 29.4 Å². The monoisotopic (exact) mass is 500 g/mol. The number of nitrogens with two attached hydrogens (primary N) is 1. The Morgan fingerprint density at radius 3 is 2.97 bits per heavy atom. The number of hydrogen-bond acceptors (Lipinski definition) is 11. The summed E-state index contributed by atoms with van der Waals surface area (Å²) in [5.74, 6) is -0.624. The van der Waals surface area contributed by atoms with Gasteiger partial charge in [0.15, 0.2) is 5.13 Å². The molecule has 11 nitrogen and oxygen atoms in total. The highest BCUT2D eigenvalue weighted by Crippen LogP contribution is 2.44. The zero-order chi connectivity index (χ0) is 22.3. The first-order valence-corrected chi connectivity index (χ1v) is 12.6. The van der Waals surface area contributed by atoms with E-state index in [-0.39, 0.29) is 29.5 Å². The molecule has 2 aromatic heterocycles. The number of carboxylic acid groups (broad SMARTS) is 1. The number of anilines is 1. The van der Waals surface area contributed by atoms with E-state index in [9.17, 15) is 14.7 Å². The van der Waals surface area contributed by atoms with E-state index in [1.165, 1.54) is 39.5 Å². The standard InChI is InChI=1S/C16H20N8O3S4/c1-7(8-3-29-14(17)18-8)10(28)19-9-11(25)24-4-16(13(26)27,5-30-12(9)24)6-31-15-20-21-22-23(15)2/h3,7,9,12H,4-6H2,1-2H3,(H2,17,18)(H,19,28)(H,26,27)/t7?,9?,12-,16?/m1/s1. The Labute approximate surface area is 195 Å². The highest BCUT2D eigenvalue weighted by atomic mass is 32.2. The molecule has 4 atom stereocenters. The van der Waals surface area contributed by atoms with Gasteiger partial charge in [0.1, 0.15) is 16.8 Å². The van der Waals surface area contributed by atoms with Crippen molar-refractivity contribution in [2.75, 3.05) is 23.8 Å². The fraction of sp³-hybridized carbons (Fsp3) is 0.562. The fourth-order valence-corrected chi connectivity index (χ4v) is 6.98. The van der Waals surface area contributed by atoms with Crippen LogP contribution >= 0.6 is 47.1 Å². The molecule has 31 heavy (non-hydrogen) atoms. The largest absolute Gasteiger partial charge is 0.481 e. The number of thiazole rings is 1. The lowest BCUT2D eigenvalue weighted by molar-refractivity contribution is -0.155. The van der Waals surface area contributed by atoms with Gasteiger partial charge in [0.2, 0.25) is 11.1 Å². The first kappa shape index (κ1) is 22.2. The molecule has 4 heterocycles. The van der Waals surface area contributed by atoms with Crippen molar-refractivity contribution in [3.8, 4) is 0 Å². The molecule has 4 rings (SSSR count). The number of aliphatic carboxylic acids is 1. The van der Waals surface area contributed by atoms with E-state index >= 15 is 0 Å². The Kier molecular flexibility index (Phi) is 6.11. The number of fused-ring (bicyclic) bond motifs is 1. The predicted octanol–water partition coefficient (Wildman–Crippen LogP) is 0.416. The molecule has 0 spiro atoms. The number of thioether (sulfide) groups is 2. The summed E-state index contributed by atoms with van der Waals surface area (Å²) in [6, 6.07) is -0.474. The summed E-state index contributed by atoms with van der Waals surface area (Å²) in [7, 11) is 1.69. The van der Waals surface area contributed by atoms with Gasteiger partial charge in [-0.2, -0.15) is 0 Å². The molecule has 15 heteroatoms. The number of rotatable bonds is 7. The molecule has 2 aliphatic rings. The van der Waals surface area contributed by atoms with Crippen molar-refractivity contribution in [2.24, 2.45) is 12.5 Å². The van der Waals surface area contributed by atoms with Gasteiger partial charge in [-0.25, -0.2) is 9.67 Å². The van der Waals surface area contributed by atoms with Crippen LogP contribution in [0.3, 0.4) is 0 Å². The molecule has 2 aliphatic heterocycles. The van der Waals surface area contributed by atoms with Crippen molar-refractivity contribution < 1.29 is 14.7 Å². The van der Waals surface area contributed by atoms with Gasteiger partial charge in [-0.1, -0.05) is 30.9 Å². The van der Waals surface area contributed by atoms with Crippen molar-refractivity contribution in [1.29, 1.82) is 0 Å². The number of carbonyl (C=O) groups is 2. The molecule has 2 fully saturated rings. The molecule has 0 bridgehead atoms. The van der Waals surface area contributed by atoms with Gasteiger partial charge in [0, 0.05) is 36.4 Å². The number of thiocarbonyl (C=S) groups is 1. The number of hydrogen-bond donors (Lipinski definition) is 3. The maximum atomic E-state index is 12.8. The summed E-state index contributed by atoms with van der Waals surface area (Å²) in [5.41, 5.74) is 5.38. The van der Waals surface area contributed by atoms with Gasteiger partial charge in [0.05, 0.1) is 10.7 Å². The average Bonchev–Trinajstić information content (AvgIpc) is 3.37. The average molecular weight is 501 g/mol. The molecule has 3 unspecified atom stereocenters. The molecular formula is C16H20N8O3S4. The highest BCUT2D eigenvalue weighted by Gasteiger charge is 2.57.